The molecule has 1 saturated heterocycles. The van der Waals surface area contributed by atoms with Gasteiger partial charge in [0.15, 0.2) is 6.29 Å². The minimum Gasteiger partial charge on any atom is -0.466 e. The lowest BCUT2D eigenvalue weighted by atomic mass is 9.99. The number of nitrogens with one attached hydrogen (secondary N) is 1. The summed E-state index contributed by atoms with van der Waals surface area (Å²) in [5, 5.41) is 54.2. The van der Waals surface area contributed by atoms with Gasteiger partial charge in [0, 0.05) is 12.8 Å². The first-order valence-electron chi connectivity index (χ1n) is 31.9. The first-order valence-corrected chi connectivity index (χ1v) is 31.9. The van der Waals surface area contributed by atoms with Crippen molar-refractivity contribution in [2.75, 3.05) is 19.8 Å². The lowest BCUT2D eigenvalue weighted by molar-refractivity contribution is -0.302. The summed E-state index contributed by atoms with van der Waals surface area (Å²) < 4.78 is 16.7. The highest BCUT2D eigenvalue weighted by Crippen LogP contribution is 2.23. The standard InChI is InChI=1S/C65H119NO10/c1-3-5-7-9-11-13-14-15-16-17-20-24-27-30-33-37-41-45-49-53-61(70)74-54-50-46-42-38-34-31-28-25-22-19-18-21-23-26-29-32-36-40-44-48-52-60(69)66-57(58(68)51-47-43-39-35-12-10-8-6-4-2)56-75-65-64(73)63(72)62(71)59(55-67)76-65/h11,13,15-16,18,21,47,51,57-59,62-65,67-68,71-73H,3-10,12,14,17,19-20,22-46,48-50,52-56H2,1-2H3,(H,66,69)/b13-11-,16-15-,21-18-,51-47+. The molecule has 1 amide bonds. The summed E-state index contributed by atoms with van der Waals surface area (Å²) in [7, 11) is 0. The molecule has 0 saturated carbocycles. The number of amides is 1. The number of carbonyl (C=O) groups is 2. The normalized spacial score (nSPS) is 19.0. The van der Waals surface area contributed by atoms with Gasteiger partial charge in [-0.15, -0.1) is 0 Å². The lowest BCUT2D eigenvalue weighted by Gasteiger charge is -2.40. The number of esters is 1. The molecule has 1 fully saturated rings. The van der Waals surface area contributed by atoms with Crippen LogP contribution in [0.25, 0.3) is 0 Å². The molecule has 7 unspecified atom stereocenters. The van der Waals surface area contributed by atoms with Crippen LogP contribution in [0.1, 0.15) is 290 Å². The molecule has 11 heteroatoms. The van der Waals surface area contributed by atoms with Crippen LogP contribution in [0.2, 0.25) is 0 Å². The van der Waals surface area contributed by atoms with Crippen molar-refractivity contribution in [1.82, 2.24) is 5.32 Å². The van der Waals surface area contributed by atoms with Gasteiger partial charge in [-0.2, -0.15) is 0 Å². The van der Waals surface area contributed by atoms with Crippen LogP contribution in [0, 0.1) is 0 Å². The van der Waals surface area contributed by atoms with Gasteiger partial charge < -0.3 is 45.1 Å². The maximum atomic E-state index is 13.0. The zero-order valence-corrected chi connectivity index (χ0v) is 49.0. The van der Waals surface area contributed by atoms with Gasteiger partial charge in [0.25, 0.3) is 0 Å². The van der Waals surface area contributed by atoms with Crippen LogP contribution in [-0.4, -0.2) is 100 Å². The van der Waals surface area contributed by atoms with Crippen LogP contribution in [0.5, 0.6) is 0 Å². The molecule has 0 bridgehead atoms. The molecule has 0 aliphatic carbocycles. The van der Waals surface area contributed by atoms with Gasteiger partial charge >= 0.3 is 5.97 Å². The first-order chi connectivity index (χ1) is 37.2. The fraction of sp³-hybridized carbons (Fsp3) is 0.846. The molecule has 0 aromatic heterocycles. The number of allylic oxidation sites excluding steroid dienone is 7. The third-order valence-electron chi connectivity index (χ3n) is 14.9. The minimum absolute atomic E-state index is 0.0119. The fourth-order valence-corrected chi connectivity index (χ4v) is 9.81. The van der Waals surface area contributed by atoms with Crippen LogP contribution in [0.15, 0.2) is 48.6 Å². The predicted octanol–water partition coefficient (Wildman–Crippen LogP) is 15.2. The Morgan fingerprint density at radius 2 is 0.882 bits per heavy atom. The summed E-state index contributed by atoms with van der Waals surface area (Å²) in [5.74, 6) is -0.205. The van der Waals surface area contributed by atoms with Gasteiger partial charge in [-0.25, -0.2) is 0 Å². The maximum absolute atomic E-state index is 13.0. The van der Waals surface area contributed by atoms with Crippen LogP contribution in [-0.2, 0) is 23.8 Å². The Morgan fingerprint density at radius 1 is 0.487 bits per heavy atom. The average Bonchev–Trinajstić information content (AvgIpc) is 3.42. The summed E-state index contributed by atoms with van der Waals surface area (Å²) in [5.41, 5.74) is 0. The highest BCUT2D eigenvalue weighted by molar-refractivity contribution is 5.76. The van der Waals surface area contributed by atoms with Crippen molar-refractivity contribution in [3.05, 3.63) is 48.6 Å². The van der Waals surface area contributed by atoms with E-state index in [9.17, 15) is 35.1 Å². The lowest BCUT2D eigenvalue weighted by Crippen LogP contribution is -2.60. The minimum atomic E-state index is -1.57. The van der Waals surface area contributed by atoms with E-state index in [1.807, 2.05) is 6.08 Å². The monoisotopic (exact) mass is 1070 g/mol. The Balaban J connectivity index is 1.98. The van der Waals surface area contributed by atoms with Crippen molar-refractivity contribution in [3.8, 4) is 0 Å². The number of hydrogen-bond acceptors (Lipinski definition) is 10. The zero-order valence-electron chi connectivity index (χ0n) is 49.0. The van der Waals surface area contributed by atoms with E-state index in [0.717, 1.165) is 83.5 Å². The van der Waals surface area contributed by atoms with E-state index in [4.69, 9.17) is 14.2 Å². The van der Waals surface area contributed by atoms with Crippen LogP contribution < -0.4 is 5.32 Å². The highest BCUT2D eigenvalue weighted by Gasteiger charge is 2.44. The molecule has 1 aliphatic rings. The van der Waals surface area contributed by atoms with Crippen molar-refractivity contribution in [2.24, 2.45) is 0 Å². The molecule has 7 atom stereocenters. The van der Waals surface area contributed by atoms with E-state index in [2.05, 4.69) is 55.6 Å². The third kappa shape index (κ3) is 43.5. The second kappa shape index (κ2) is 54.6. The van der Waals surface area contributed by atoms with Crippen LogP contribution >= 0.6 is 0 Å². The topological polar surface area (TPSA) is 175 Å². The summed E-state index contributed by atoms with van der Waals surface area (Å²) >= 11 is 0. The van der Waals surface area contributed by atoms with Crippen molar-refractivity contribution in [1.29, 1.82) is 0 Å². The molecule has 1 rings (SSSR count). The molecule has 1 heterocycles. The van der Waals surface area contributed by atoms with E-state index in [1.165, 1.54) is 180 Å². The summed E-state index contributed by atoms with van der Waals surface area (Å²) in [6.45, 7) is 4.28. The third-order valence-corrected chi connectivity index (χ3v) is 14.9. The Labute approximate surface area is 466 Å². The number of unbranched alkanes of at least 4 members (excludes halogenated alkanes) is 35. The van der Waals surface area contributed by atoms with E-state index in [0.29, 0.717) is 19.4 Å². The van der Waals surface area contributed by atoms with Gasteiger partial charge in [0.2, 0.25) is 5.91 Å². The largest absolute Gasteiger partial charge is 0.466 e. The summed E-state index contributed by atoms with van der Waals surface area (Å²) in [4.78, 5) is 25.1. The second-order valence-electron chi connectivity index (χ2n) is 22.1. The highest BCUT2D eigenvalue weighted by atomic mass is 16.7. The molecule has 0 aromatic rings. The summed E-state index contributed by atoms with van der Waals surface area (Å²) in [6.07, 6.45) is 59.4. The van der Waals surface area contributed by atoms with Crippen LogP contribution in [0.4, 0.5) is 0 Å². The number of aliphatic hydroxyl groups is 5. The number of hydrogen-bond donors (Lipinski definition) is 6. The fourth-order valence-electron chi connectivity index (χ4n) is 9.81. The molecule has 444 valence electrons. The molecule has 0 radical (unpaired) electrons. The van der Waals surface area contributed by atoms with E-state index < -0.39 is 49.5 Å². The number of aliphatic hydroxyl groups excluding tert-OH is 5. The molecule has 11 nitrogen and oxygen atoms in total. The van der Waals surface area contributed by atoms with Crippen molar-refractivity contribution < 1.29 is 49.3 Å². The molecule has 6 N–H and O–H groups in total. The van der Waals surface area contributed by atoms with Crippen LogP contribution in [0.3, 0.4) is 0 Å². The molecule has 1 aliphatic heterocycles. The molecular weight excluding hydrogens is 955 g/mol. The van der Waals surface area contributed by atoms with E-state index in [1.54, 1.807) is 6.08 Å². The second-order valence-corrected chi connectivity index (χ2v) is 22.1. The van der Waals surface area contributed by atoms with Gasteiger partial charge in [-0.05, 0) is 89.9 Å². The number of carbonyl (C=O) groups excluding carboxylic acids is 2. The van der Waals surface area contributed by atoms with Gasteiger partial charge in [-0.3, -0.25) is 9.59 Å². The molecule has 76 heavy (non-hydrogen) atoms. The van der Waals surface area contributed by atoms with Crippen molar-refractivity contribution in [3.63, 3.8) is 0 Å². The number of rotatable bonds is 55. The van der Waals surface area contributed by atoms with Crippen molar-refractivity contribution in [2.45, 2.75) is 333 Å². The first kappa shape index (κ1) is 71.6. The molecular formula is C65H119NO10. The maximum Gasteiger partial charge on any atom is 0.305 e. The predicted molar refractivity (Wildman–Crippen MR) is 315 cm³/mol. The van der Waals surface area contributed by atoms with Gasteiger partial charge in [0.1, 0.15) is 24.4 Å². The Kier molecular flexibility index (Phi) is 51.4. The van der Waals surface area contributed by atoms with E-state index >= 15 is 0 Å². The average molecular weight is 1070 g/mol. The van der Waals surface area contributed by atoms with Gasteiger partial charge in [-0.1, -0.05) is 236 Å². The summed E-state index contributed by atoms with van der Waals surface area (Å²) in [6, 6.07) is -0.816. The van der Waals surface area contributed by atoms with Gasteiger partial charge in [0.05, 0.1) is 32.0 Å². The smallest absolute Gasteiger partial charge is 0.305 e. The quantitative estimate of drug-likeness (QED) is 0.0195. The Hall–Kier alpha value is -2.38. The Bertz CT molecular complexity index is 1400. The Morgan fingerprint density at radius 3 is 1.37 bits per heavy atom. The zero-order chi connectivity index (χ0) is 55.2. The van der Waals surface area contributed by atoms with E-state index in [-0.39, 0.29) is 18.5 Å². The SMILES string of the molecule is CCCCC/C=C\C/C=C\CCCCCCCCCCCC(=O)OCCCCCCCCCCC/C=C\CCCCCCCCCC(=O)NC(COC1OC(CO)C(O)C(O)C1O)C(O)/C=C/CCCCCCCCC. The number of ether oxygens (including phenoxy) is 3. The molecule has 0 aromatic carbocycles. The molecule has 0 spiro atoms. The van der Waals surface area contributed by atoms with Crippen molar-refractivity contribution >= 4 is 11.9 Å².